The Morgan fingerprint density at radius 3 is 2.47 bits per heavy atom. The van der Waals surface area contributed by atoms with Gasteiger partial charge in [0.15, 0.2) is 0 Å². The van der Waals surface area contributed by atoms with Gasteiger partial charge in [-0.2, -0.15) is 0 Å². The van der Waals surface area contributed by atoms with Gasteiger partial charge in [0.2, 0.25) is 0 Å². The Morgan fingerprint density at radius 1 is 1.00 bits per heavy atom. The number of rotatable bonds is 3. The number of piperazine rings is 1. The summed E-state index contributed by atoms with van der Waals surface area (Å²) >= 11 is 1.51. The number of likely N-dealkylation sites (N-methyl/N-ethyl adjacent to an activating group) is 1. The average Bonchev–Trinajstić information content (AvgIpc) is 3.23. The number of hydrogen-bond donors (Lipinski definition) is 1. The van der Waals surface area contributed by atoms with Crippen LogP contribution in [0.3, 0.4) is 0 Å². The lowest BCUT2D eigenvalue weighted by molar-refractivity contribution is 0.0664. The highest BCUT2D eigenvalue weighted by Gasteiger charge is 2.20. The van der Waals surface area contributed by atoms with Gasteiger partial charge in [-0.05, 0) is 37.4 Å². The van der Waals surface area contributed by atoms with E-state index in [4.69, 9.17) is 4.98 Å². The van der Waals surface area contributed by atoms with Crippen molar-refractivity contribution in [2.24, 2.45) is 0 Å². The Hall–Kier alpha value is -3.56. The summed E-state index contributed by atoms with van der Waals surface area (Å²) in [7, 11) is 2.07. The molecule has 1 saturated heterocycles. The molecule has 32 heavy (non-hydrogen) atoms. The van der Waals surface area contributed by atoms with Gasteiger partial charge in [0.1, 0.15) is 5.01 Å². The first-order chi connectivity index (χ1) is 15.5. The van der Waals surface area contributed by atoms with Crippen molar-refractivity contribution in [3.05, 3.63) is 81.1 Å². The van der Waals surface area contributed by atoms with Crippen molar-refractivity contribution in [2.45, 2.75) is 0 Å². The largest absolute Gasteiger partial charge is 0.336 e. The number of carbonyl (C=O) groups excluding carboxylic acids is 1. The second-order valence-electron chi connectivity index (χ2n) is 7.82. The van der Waals surface area contributed by atoms with Gasteiger partial charge in [-0.3, -0.25) is 19.1 Å². The fraction of sp³-hybridized carbons (Fsp3) is 0.217. The van der Waals surface area contributed by atoms with E-state index in [9.17, 15) is 14.4 Å². The van der Waals surface area contributed by atoms with Gasteiger partial charge in [-0.15, -0.1) is 11.3 Å². The van der Waals surface area contributed by atoms with Crippen molar-refractivity contribution in [3.8, 4) is 16.3 Å². The molecular formula is C23H21N5O3S. The van der Waals surface area contributed by atoms with Crippen molar-refractivity contribution in [2.75, 3.05) is 33.2 Å². The Balaban J connectivity index is 1.40. The maximum absolute atomic E-state index is 12.8. The number of benzene rings is 2. The minimum atomic E-state index is -0.484. The zero-order chi connectivity index (χ0) is 22.2. The Morgan fingerprint density at radius 2 is 1.75 bits per heavy atom. The fourth-order valence-corrected chi connectivity index (χ4v) is 4.76. The molecule has 1 N–H and O–H groups in total. The fourth-order valence-electron chi connectivity index (χ4n) is 3.75. The number of nitrogens with zero attached hydrogens (tertiary/aromatic N) is 4. The van der Waals surface area contributed by atoms with Crippen LogP contribution < -0.4 is 11.2 Å². The average molecular weight is 448 g/mol. The smallest absolute Gasteiger partial charge is 0.332 e. The molecule has 1 aliphatic rings. The van der Waals surface area contributed by atoms with Crippen LogP contribution in [-0.2, 0) is 0 Å². The third kappa shape index (κ3) is 3.88. The molecule has 0 atom stereocenters. The Bertz CT molecular complexity index is 1410. The molecule has 2 aromatic carbocycles. The second kappa shape index (κ2) is 8.18. The SMILES string of the molecule is CN1CCN(C(=O)c2ccc(-c3nc4ccc(-n5ccc(=O)[nH]c5=O)cc4s3)cc2)CC1. The number of carbonyl (C=O) groups is 1. The van der Waals surface area contributed by atoms with Gasteiger partial charge in [0.05, 0.1) is 15.9 Å². The van der Waals surface area contributed by atoms with E-state index in [0.717, 1.165) is 47.0 Å². The van der Waals surface area contributed by atoms with Gasteiger partial charge in [0.25, 0.3) is 11.5 Å². The number of fused-ring (bicyclic) bond motifs is 1. The van der Waals surface area contributed by atoms with E-state index in [1.165, 1.54) is 28.2 Å². The minimum Gasteiger partial charge on any atom is -0.336 e. The van der Waals surface area contributed by atoms with Crippen LogP contribution in [0.5, 0.6) is 0 Å². The molecule has 0 spiro atoms. The highest BCUT2D eigenvalue weighted by atomic mass is 32.1. The first kappa shape index (κ1) is 20.3. The molecule has 1 amide bonds. The van der Waals surface area contributed by atoms with Crippen molar-refractivity contribution in [1.82, 2.24) is 24.3 Å². The first-order valence-corrected chi connectivity index (χ1v) is 11.1. The molecule has 162 valence electrons. The molecule has 0 saturated carbocycles. The van der Waals surface area contributed by atoms with Crippen molar-refractivity contribution < 1.29 is 4.79 Å². The van der Waals surface area contributed by atoms with E-state index in [0.29, 0.717) is 11.3 Å². The van der Waals surface area contributed by atoms with E-state index in [1.54, 1.807) is 6.07 Å². The van der Waals surface area contributed by atoms with Crippen molar-refractivity contribution in [3.63, 3.8) is 0 Å². The molecule has 4 aromatic rings. The standard InChI is InChI=1S/C23H21N5O3S/c1-26-10-12-27(13-11-26)22(30)16-4-2-15(3-5-16)21-24-18-7-6-17(14-19(18)32-21)28-9-8-20(29)25-23(28)31/h2-9,14H,10-13H2,1H3,(H,25,29,31). The maximum Gasteiger partial charge on any atom is 0.332 e. The van der Waals surface area contributed by atoms with Gasteiger partial charge in [-0.25, -0.2) is 9.78 Å². The number of amides is 1. The third-order valence-electron chi connectivity index (χ3n) is 5.64. The van der Waals surface area contributed by atoms with Crippen LogP contribution in [0.1, 0.15) is 10.4 Å². The monoisotopic (exact) mass is 447 g/mol. The minimum absolute atomic E-state index is 0.0601. The van der Waals surface area contributed by atoms with E-state index in [2.05, 4.69) is 16.9 Å². The zero-order valence-electron chi connectivity index (χ0n) is 17.4. The van der Waals surface area contributed by atoms with E-state index >= 15 is 0 Å². The summed E-state index contributed by atoms with van der Waals surface area (Å²) in [4.78, 5) is 47.2. The molecule has 1 aliphatic heterocycles. The normalized spacial score (nSPS) is 14.7. The van der Waals surface area contributed by atoms with E-state index in [1.807, 2.05) is 41.3 Å². The lowest BCUT2D eigenvalue weighted by Crippen LogP contribution is -2.47. The summed E-state index contributed by atoms with van der Waals surface area (Å²) < 4.78 is 2.31. The number of nitrogens with one attached hydrogen (secondary N) is 1. The summed E-state index contributed by atoms with van der Waals surface area (Å²) in [5, 5.41) is 0.838. The number of aromatic amines is 1. The maximum atomic E-state index is 12.8. The second-order valence-corrected chi connectivity index (χ2v) is 8.85. The molecule has 0 bridgehead atoms. The van der Waals surface area contributed by atoms with Crippen LogP contribution >= 0.6 is 11.3 Å². The van der Waals surface area contributed by atoms with Crippen molar-refractivity contribution in [1.29, 1.82) is 0 Å². The Labute approximate surface area is 187 Å². The number of aromatic nitrogens is 3. The van der Waals surface area contributed by atoms with Crippen molar-refractivity contribution >= 4 is 27.5 Å². The number of H-pyrrole nitrogens is 1. The van der Waals surface area contributed by atoms with Crippen LogP contribution in [0.4, 0.5) is 0 Å². The molecule has 3 heterocycles. The van der Waals surface area contributed by atoms with E-state index in [-0.39, 0.29) is 5.91 Å². The Kier molecular flexibility index (Phi) is 5.20. The molecule has 2 aromatic heterocycles. The number of hydrogen-bond acceptors (Lipinski definition) is 6. The van der Waals surface area contributed by atoms with Gasteiger partial charge < -0.3 is 9.80 Å². The zero-order valence-corrected chi connectivity index (χ0v) is 18.3. The first-order valence-electron chi connectivity index (χ1n) is 10.3. The molecule has 9 heteroatoms. The molecule has 0 radical (unpaired) electrons. The predicted molar refractivity (Wildman–Crippen MR) is 125 cm³/mol. The van der Waals surface area contributed by atoms with Gasteiger partial charge in [-0.1, -0.05) is 12.1 Å². The summed E-state index contributed by atoms with van der Waals surface area (Å²) in [6.07, 6.45) is 1.46. The van der Waals surface area contributed by atoms with Crippen LogP contribution in [0.25, 0.3) is 26.5 Å². The lowest BCUT2D eigenvalue weighted by atomic mass is 10.1. The molecule has 1 fully saturated rings. The van der Waals surface area contributed by atoms with Gasteiger partial charge >= 0.3 is 5.69 Å². The third-order valence-corrected chi connectivity index (χ3v) is 6.71. The quantitative estimate of drug-likeness (QED) is 0.520. The summed E-state index contributed by atoms with van der Waals surface area (Å²) in [6.45, 7) is 3.27. The van der Waals surface area contributed by atoms with Gasteiger partial charge in [0, 0.05) is 49.6 Å². The van der Waals surface area contributed by atoms with Crippen LogP contribution in [-0.4, -0.2) is 63.5 Å². The van der Waals surface area contributed by atoms with Crippen LogP contribution in [0.2, 0.25) is 0 Å². The van der Waals surface area contributed by atoms with E-state index < -0.39 is 11.2 Å². The highest BCUT2D eigenvalue weighted by molar-refractivity contribution is 7.21. The summed E-state index contributed by atoms with van der Waals surface area (Å²) in [5.41, 5.74) is 2.18. The van der Waals surface area contributed by atoms with Crippen LogP contribution in [0, 0.1) is 0 Å². The molecular weight excluding hydrogens is 426 g/mol. The summed E-state index contributed by atoms with van der Waals surface area (Å²) in [5.74, 6) is 0.0601. The highest BCUT2D eigenvalue weighted by Crippen LogP contribution is 2.31. The van der Waals surface area contributed by atoms with Crippen LogP contribution in [0.15, 0.2) is 64.3 Å². The topological polar surface area (TPSA) is 91.3 Å². The predicted octanol–water partition coefficient (Wildman–Crippen LogP) is 2.19. The number of thiazole rings is 1. The molecule has 0 unspecified atom stereocenters. The molecule has 8 nitrogen and oxygen atoms in total. The summed E-state index contributed by atoms with van der Waals surface area (Å²) in [6, 6.07) is 14.4. The molecule has 5 rings (SSSR count). The lowest BCUT2D eigenvalue weighted by Gasteiger charge is -2.32. The molecule has 0 aliphatic carbocycles.